The highest BCUT2D eigenvalue weighted by Crippen LogP contribution is 2.51. The quantitative estimate of drug-likeness (QED) is 0.167. The number of benzene rings is 10. The third-order valence-corrected chi connectivity index (χ3v) is 15.7. The number of hydrogen-bond acceptors (Lipinski definition) is 2. The number of anilines is 3. The Morgan fingerprint density at radius 2 is 0.939 bits per heavy atom. The van der Waals surface area contributed by atoms with E-state index in [1.54, 1.807) is 0 Å². The van der Waals surface area contributed by atoms with Crippen molar-refractivity contribution in [3.05, 3.63) is 230 Å². The first-order valence-electron chi connectivity index (χ1n) is 22.9. The van der Waals surface area contributed by atoms with Crippen molar-refractivity contribution in [3.63, 3.8) is 0 Å². The SMILES string of the molecule is CC1(C)c2ccccc2-c2ccc(N(c3ccc(-c4ccccc4)cc3)c3ccc(-c4ccc5c(c4)c4ccc6sc7cccc8c9ccccc9c9ccccc9n5c4c6c78)cc3)cc21. The van der Waals surface area contributed by atoms with Gasteiger partial charge in [-0.1, -0.05) is 166 Å². The van der Waals surface area contributed by atoms with E-state index in [2.05, 4.69) is 242 Å². The Bertz CT molecular complexity index is 4100. The van der Waals surface area contributed by atoms with E-state index in [-0.39, 0.29) is 5.41 Å². The van der Waals surface area contributed by atoms with Crippen LogP contribution < -0.4 is 4.90 Å². The molecule has 3 heterocycles. The van der Waals surface area contributed by atoms with Gasteiger partial charge in [-0.05, 0) is 127 Å². The number of thiophene rings is 1. The smallest absolute Gasteiger partial charge is 0.0634 e. The lowest BCUT2D eigenvalue weighted by atomic mass is 9.82. The molecule has 0 unspecified atom stereocenters. The van der Waals surface area contributed by atoms with Crippen LogP contribution in [-0.4, -0.2) is 4.40 Å². The lowest BCUT2D eigenvalue weighted by Crippen LogP contribution is -2.16. The lowest BCUT2D eigenvalue weighted by molar-refractivity contribution is 0.660. The minimum atomic E-state index is -0.107. The van der Waals surface area contributed by atoms with Crippen LogP contribution in [0.5, 0.6) is 0 Å². The summed E-state index contributed by atoms with van der Waals surface area (Å²) in [5.41, 5.74) is 17.2. The van der Waals surface area contributed by atoms with E-state index in [4.69, 9.17) is 0 Å². The molecule has 3 heteroatoms. The Balaban J connectivity index is 0.944. The molecule has 66 heavy (non-hydrogen) atoms. The molecule has 0 spiro atoms. The molecule has 1 aliphatic carbocycles. The van der Waals surface area contributed by atoms with Crippen LogP contribution in [0.4, 0.5) is 17.1 Å². The van der Waals surface area contributed by atoms with E-state index in [0.29, 0.717) is 0 Å². The Labute approximate surface area is 386 Å². The Morgan fingerprint density at radius 3 is 1.73 bits per heavy atom. The van der Waals surface area contributed by atoms with Gasteiger partial charge in [-0.25, -0.2) is 0 Å². The molecule has 2 nitrogen and oxygen atoms in total. The number of para-hydroxylation sites is 1. The van der Waals surface area contributed by atoms with Crippen molar-refractivity contribution in [3.8, 4) is 33.4 Å². The fraction of sp³-hybridized carbons (Fsp3) is 0.0476. The molecule has 14 rings (SSSR count). The van der Waals surface area contributed by atoms with Crippen molar-refractivity contribution < 1.29 is 0 Å². The second-order valence-corrected chi connectivity index (χ2v) is 19.5. The molecule has 0 radical (unpaired) electrons. The normalized spacial score (nSPS) is 13.1. The van der Waals surface area contributed by atoms with Gasteiger partial charge >= 0.3 is 0 Å². The topological polar surface area (TPSA) is 7.65 Å². The van der Waals surface area contributed by atoms with Gasteiger partial charge in [0.2, 0.25) is 0 Å². The first kappa shape index (κ1) is 37.4. The summed E-state index contributed by atoms with van der Waals surface area (Å²) < 4.78 is 5.19. The van der Waals surface area contributed by atoms with Crippen LogP contribution in [0.2, 0.25) is 0 Å². The number of hydrogen-bond donors (Lipinski definition) is 0. The van der Waals surface area contributed by atoms with Crippen LogP contribution in [0, 0.1) is 0 Å². The second-order valence-electron chi connectivity index (χ2n) is 18.4. The van der Waals surface area contributed by atoms with Crippen LogP contribution in [0.3, 0.4) is 0 Å². The first-order valence-corrected chi connectivity index (χ1v) is 23.7. The Kier molecular flexibility index (Phi) is 7.94. The monoisotopic (exact) mass is 858 g/mol. The van der Waals surface area contributed by atoms with Crippen molar-refractivity contribution in [1.82, 2.24) is 4.40 Å². The Morgan fingerprint density at radius 1 is 0.364 bits per heavy atom. The van der Waals surface area contributed by atoms with E-state index in [9.17, 15) is 0 Å². The molecule has 0 fully saturated rings. The van der Waals surface area contributed by atoms with Crippen LogP contribution in [0.1, 0.15) is 25.0 Å². The first-order chi connectivity index (χ1) is 32.5. The van der Waals surface area contributed by atoms with Gasteiger partial charge in [0.1, 0.15) is 0 Å². The van der Waals surface area contributed by atoms with Gasteiger partial charge in [0.05, 0.1) is 16.6 Å². The van der Waals surface area contributed by atoms with E-state index < -0.39 is 0 Å². The average molecular weight is 859 g/mol. The average Bonchev–Trinajstić information content (AvgIpc) is 4.00. The number of nitrogens with zero attached hydrogens (tertiary/aromatic N) is 2. The summed E-state index contributed by atoms with van der Waals surface area (Å²) in [4.78, 5) is 2.42. The van der Waals surface area contributed by atoms with Crippen molar-refractivity contribution in [2.45, 2.75) is 19.3 Å². The highest BCUT2D eigenvalue weighted by atomic mass is 32.1. The molecule has 0 saturated carbocycles. The van der Waals surface area contributed by atoms with Gasteiger partial charge < -0.3 is 9.30 Å². The zero-order chi connectivity index (χ0) is 43.7. The maximum absolute atomic E-state index is 2.55. The second kappa shape index (κ2) is 14.0. The molecule has 0 amide bonds. The predicted octanol–water partition coefficient (Wildman–Crippen LogP) is 18.0. The third kappa shape index (κ3) is 5.35. The molecule has 3 aromatic heterocycles. The highest BCUT2D eigenvalue weighted by Gasteiger charge is 2.35. The van der Waals surface area contributed by atoms with Gasteiger partial charge in [-0.2, -0.15) is 0 Å². The Hall–Kier alpha value is -7.98. The van der Waals surface area contributed by atoms with Crippen LogP contribution >= 0.6 is 11.3 Å². The molecule has 10 aromatic carbocycles. The minimum absolute atomic E-state index is 0.107. The maximum atomic E-state index is 2.55. The highest BCUT2D eigenvalue weighted by molar-refractivity contribution is 7.26. The van der Waals surface area contributed by atoms with E-state index in [1.807, 2.05) is 11.3 Å². The van der Waals surface area contributed by atoms with E-state index >= 15 is 0 Å². The zero-order valence-corrected chi connectivity index (χ0v) is 37.4. The van der Waals surface area contributed by atoms with Crippen molar-refractivity contribution in [2.24, 2.45) is 0 Å². The molecule has 0 bridgehead atoms. The van der Waals surface area contributed by atoms with E-state index in [0.717, 1.165) is 17.1 Å². The van der Waals surface area contributed by atoms with Crippen LogP contribution in [-0.2, 0) is 5.41 Å². The maximum Gasteiger partial charge on any atom is 0.0634 e. The molecule has 0 atom stereocenters. The summed E-state index contributed by atoms with van der Waals surface area (Å²) in [6.07, 6.45) is 0. The number of aromatic nitrogens is 1. The summed E-state index contributed by atoms with van der Waals surface area (Å²) in [7, 11) is 0. The molecule has 1 aliphatic rings. The van der Waals surface area contributed by atoms with Gasteiger partial charge in [0.25, 0.3) is 0 Å². The molecule has 0 aliphatic heterocycles. The van der Waals surface area contributed by atoms with Gasteiger partial charge in [-0.3, -0.25) is 0 Å². The fourth-order valence-corrected chi connectivity index (χ4v) is 12.6. The summed E-state index contributed by atoms with van der Waals surface area (Å²) >= 11 is 1.90. The van der Waals surface area contributed by atoms with Crippen LogP contribution in [0.25, 0.3) is 102 Å². The fourth-order valence-electron chi connectivity index (χ4n) is 11.4. The van der Waals surface area contributed by atoms with Crippen molar-refractivity contribution in [2.75, 3.05) is 4.90 Å². The van der Waals surface area contributed by atoms with Crippen molar-refractivity contribution in [1.29, 1.82) is 0 Å². The van der Waals surface area contributed by atoms with Crippen LogP contribution in [0.15, 0.2) is 218 Å². The van der Waals surface area contributed by atoms with Gasteiger partial charge in [-0.15, -0.1) is 11.3 Å². The number of rotatable bonds is 5. The van der Waals surface area contributed by atoms with E-state index in [1.165, 1.54) is 114 Å². The summed E-state index contributed by atoms with van der Waals surface area (Å²) in [6, 6.07) is 81.4. The standard InChI is InChI=1S/C63H42N2S/c1-63(2)54-20-10-8-17-48(54)49-33-32-45(38-55(49)63)64(43-28-23-40(24-29-43)39-13-4-3-5-14-39)44-30-25-41(26-31-44)42-27-35-57-53(37-42)52-34-36-59-61-60-51(19-12-22-58(60)66-59)47-16-7-6-15-46(47)50-18-9-11-21-56(50)65(57)62(52)61/h3-38H,1-2H3. The summed E-state index contributed by atoms with van der Waals surface area (Å²) in [5, 5.41) is 10.3. The summed E-state index contributed by atoms with van der Waals surface area (Å²) in [5.74, 6) is 0. The molecule has 0 N–H and O–H groups in total. The molecule has 0 saturated heterocycles. The summed E-state index contributed by atoms with van der Waals surface area (Å²) in [6.45, 7) is 4.72. The molecular formula is C63H42N2S. The molecular weight excluding hydrogens is 817 g/mol. The van der Waals surface area contributed by atoms with Crippen molar-refractivity contribution >= 4 is 97.4 Å². The van der Waals surface area contributed by atoms with Gasteiger partial charge in [0.15, 0.2) is 0 Å². The zero-order valence-electron chi connectivity index (χ0n) is 36.6. The predicted molar refractivity (Wildman–Crippen MR) is 283 cm³/mol. The number of fused-ring (bicyclic) bond motifs is 11. The lowest BCUT2D eigenvalue weighted by Gasteiger charge is -2.28. The molecule has 310 valence electrons. The van der Waals surface area contributed by atoms with Gasteiger partial charge in [0, 0.05) is 58.8 Å². The third-order valence-electron chi connectivity index (χ3n) is 14.6. The minimum Gasteiger partial charge on any atom is -0.310 e. The largest absolute Gasteiger partial charge is 0.310 e. The molecule has 13 aromatic rings.